The third-order valence-electron chi connectivity index (χ3n) is 2.23. The molecular formula is C11H18N2O2S. The molecule has 0 saturated carbocycles. The highest BCUT2D eigenvalue weighted by Gasteiger charge is 2.11. The highest BCUT2D eigenvalue weighted by Crippen LogP contribution is 2.09. The summed E-state index contributed by atoms with van der Waals surface area (Å²) in [6, 6.07) is 6.83. The monoisotopic (exact) mass is 242 g/mol. The normalized spacial score (nSPS) is 11.6. The van der Waals surface area contributed by atoms with Crippen molar-refractivity contribution in [1.82, 2.24) is 10.0 Å². The van der Waals surface area contributed by atoms with Gasteiger partial charge in [-0.1, -0.05) is 17.7 Å². The summed E-state index contributed by atoms with van der Waals surface area (Å²) in [6.45, 7) is 3.18. The van der Waals surface area contributed by atoms with E-state index in [2.05, 4.69) is 10.0 Å². The molecule has 2 N–H and O–H groups in total. The van der Waals surface area contributed by atoms with E-state index in [1.165, 1.54) is 0 Å². The van der Waals surface area contributed by atoms with Gasteiger partial charge in [0.05, 0.1) is 4.90 Å². The molecule has 1 rings (SSSR count). The van der Waals surface area contributed by atoms with Crippen molar-refractivity contribution in [2.75, 3.05) is 20.1 Å². The van der Waals surface area contributed by atoms with Crippen LogP contribution in [0.1, 0.15) is 12.0 Å². The number of sulfonamides is 1. The van der Waals surface area contributed by atoms with Crippen LogP contribution in [0.3, 0.4) is 0 Å². The van der Waals surface area contributed by atoms with E-state index in [0.29, 0.717) is 11.4 Å². The van der Waals surface area contributed by atoms with E-state index >= 15 is 0 Å². The van der Waals surface area contributed by atoms with Crippen molar-refractivity contribution < 1.29 is 8.42 Å². The predicted molar refractivity (Wildman–Crippen MR) is 64.9 cm³/mol. The lowest BCUT2D eigenvalue weighted by molar-refractivity contribution is 0.577. The maximum Gasteiger partial charge on any atom is 0.240 e. The number of rotatable bonds is 6. The molecule has 0 heterocycles. The summed E-state index contributed by atoms with van der Waals surface area (Å²) >= 11 is 0. The molecule has 4 nitrogen and oxygen atoms in total. The maximum absolute atomic E-state index is 11.8. The van der Waals surface area contributed by atoms with Crippen LogP contribution in [-0.2, 0) is 10.0 Å². The molecule has 0 aliphatic rings. The van der Waals surface area contributed by atoms with E-state index in [9.17, 15) is 8.42 Å². The van der Waals surface area contributed by atoms with Gasteiger partial charge in [-0.2, -0.15) is 0 Å². The Hall–Kier alpha value is -0.910. The predicted octanol–water partition coefficient (Wildman–Crippen LogP) is 0.883. The van der Waals surface area contributed by atoms with Gasteiger partial charge in [0.2, 0.25) is 10.0 Å². The highest BCUT2D eigenvalue weighted by molar-refractivity contribution is 7.89. The fourth-order valence-corrected chi connectivity index (χ4v) is 2.35. The van der Waals surface area contributed by atoms with E-state index in [1.807, 2.05) is 14.0 Å². The Balaban J connectivity index is 2.60. The van der Waals surface area contributed by atoms with Crippen LogP contribution in [-0.4, -0.2) is 28.6 Å². The minimum atomic E-state index is -3.34. The zero-order valence-corrected chi connectivity index (χ0v) is 10.5. The Bertz CT molecular complexity index is 412. The first-order valence-corrected chi connectivity index (χ1v) is 6.75. The maximum atomic E-state index is 11.8. The molecule has 1 aromatic rings. The first-order chi connectivity index (χ1) is 7.56. The molecule has 16 heavy (non-hydrogen) atoms. The smallest absolute Gasteiger partial charge is 0.240 e. The number of aryl methyl sites for hydroxylation is 1. The summed E-state index contributed by atoms with van der Waals surface area (Å²) in [6.07, 6.45) is 0.779. The first-order valence-electron chi connectivity index (χ1n) is 5.27. The van der Waals surface area contributed by atoms with Gasteiger partial charge in [-0.15, -0.1) is 0 Å². The van der Waals surface area contributed by atoms with Gasteiger partial charge in [0.15, 0.2) is 0 Å². The van der Waals surface area contributed by atoms with Gasteiger partial charge in [0.1, 0.15) is 0 Å². The van der Waals surface area contributed by atoms with Crippen LogP contribution >= 0.6 is 0 Å². The molecule has 0 bridgehead atoms. The van der Waals surface area contributed by atoms with Gasteiger partial charge in [-0.05, 0) is 39.1 Å². The van der Waals surface area contributed by atoms with Crippen LogP contribution in [0.5, 0.6) is 0 Å². The van der Waals surface area contributed by atoms with Crippen molar-refractivity contribution in [2.24, 2.45) is 0 Å². The fourth-order valence-electron chi connectivity index (χ4n) is 1.27. The molecule has 0 amide bonds. The zero-order chi connectivity index (χ0) is 12.0. The van der Waals surface area contributed by atoms with E-state index in [-0.39, 0.29) is 0 Å². The minimum Gasteiger partial charge on any atom is -0.320 e. The lowest BCUT2D eigenvalue weighted by Gasteiger charge is -2.06. The topological polar surface area (TPSA) is 58.2 Å². The van der Waals surface area contributed by atoms with Crippen molar-refractivity contribution in [3.8, 4) is 0 Å². The second-order valence-corrected chi connectivity index (χ2v) is 5.43. The Morgan fingerprint density at radius 2 is 1.75 bits per heavy atom. The third-order valence-corrected chi connectivity index (χ3v) is 3.70. The molecule has 0 aliphatic heterocycles. The van der Waals surface area contributed by atoms with E-state index in [0.717, 1.165) is 18.5 Å². The van der Waals surface area contributed by atoms with Crippen LogP contribution < -0.4 is 10.0 Å². The SMILES string of the molecule is CNCCCNS(=O)(=O)c1ccc(C)cc1. The van der Waals surface area contributed by atoms with Crippen molar-refractivity contribution in [3.63, 3.8) is 0 Å². The second-order valence-electron chi connectivity index (χ2n) is 3.67. The molecule has 0 spiro atoms. The van der Waals surface area contributed by atoms with Gasteiger partial charge >= 0.3 is 0 Å². The molecule has 0 aliphatic carbocycles. The van der Waals surface area contributed by atoms with Gasteiger partial charge in [-0.25, -0.2) is 13.1 Å². The lowest BCUT2D eigenvalue weighted by Crippen LogP contribution is -2.26. The standard InChI is InChI=1S/C11H18N2O2S/c1-10-4-6-11(7-5-10)16(14,15)13-9-3-8-12-2/h4-7,12-13H,3,8-9H2,1-2H3. The average molecular weight is 242 g/mol. The van der Waals surface area contributed by atoms with Gasteiger partial charge in [-0.3, -0.25) is 0 Å². The van der Waals surface area contributed by atoms with Crippen LogP contribution in [0.25, 0.3) is 0 Å². The molecule has 0 fully saturated rings. The second kappa shape index (κ2) is 5.98. The molecule has 0 aromatic heterocycles. The minimum absolute atomic E-state index is 0.322. The largest absolute Gasteiger partial charge is 0.320 e. The summed E-state index contributed by atoms with van der Waals surface area (Å²) < 4.78 is 26.1. The molecule has 0 radical (unpaired) electrons. The van der Waals surface area contributed by atoms with Crippen molar-refractivity contribution in [1.29, 1.82) is 0 Å². The number of hydrogen-bond acceptors (Lipinski definition) is 3. The summed E-state index contributed by atoms with van der Waals surface area (Å²) in [5, 5.41) is 2.97. The van der Waals surface area contributed by atoms with Crippen molar-refractivity contribution >= 4 is 10.0 Å². The zero-order valence-electron chi connectivity index (χ0n) is 9.66. The number of benzene rings is 1. The molecule has 0 unspecified atom stereocenters. The summed E-state index contributed by atoms with van der Waals surface area (Å²) in [4.78, 5) is 0.322. The third kappa shape index (κ3) is 3.92. The highest BCUT2D eigenvalue weighted by atomic mass is 32.2. The molecular weight excluding hydrogens is 224 g/mol. The number of hydrogen-bond donors (Lipinski definition) is 2. The molecule has 5 heteroatoms. The van der Waals surface area contributed by atoms with E-state index in [4.69, 9.17) is 0 Å². The Morgan fingerprint density at radius 1 is 1.12 bits per heavy atom. The summed E-state index contributed by atoms with van der Waals surface area (Å²) in [5.74, 6) is 0. The summed E-state index contributed by atoms with van der Waals surface area (Å²) in [7, 11) is -1.49. The molecule has 1 aromatic carbocycles. The van der Waals surface area contributed by atoms with E-state index < -0.39 is 10.0 Å². The van der Waals surface area contributed by atoms with Crippen LogP contribution in [0.4, 0.5) is 0 Å². The summed E-state index contributed by atoms with van der Waals surface area (Å²) in [5.41, 5.74) is 1.05. The Labute approximate surface area is 97.1 Å². The number of nitrogens with one attached hydrogen (secondary N) is 2. The Morgan fingerprint density at radius 3 is 2.31 bits per heavy atom. The van der Waals surface area contributed by atoms with E-state index in [1.54, 1.807) is 24.3 Å². The van der Waals surface area contributed by atoms with Gasteiger partial charge in [0, 0.05) is 6.54 Å². The quantitative estimate of drug-likeness (QED) is 0.728. The van der Waals surface area contributed by atoms with Crippen LogP contribution in [0.2, 0.25) is 0 Å². The van der Waals surface area contributed by atoms with Gasteiger partial charge in [0.25, 0.3) is 0 Å². The first kappa shape index (κ1) is 13.2. The van der Waals surface area contributed by atoms with Gasteiger partial charge < -0.3 is 5.32 Å². The van der Waals surface area contributed by atoms with Crippen molar-refractivity contribution in [2.45, 2.75) is 18.2 Å². The molecule has 90 valence electrons. The van der Waals surface area contributed by atoms with Crippen LogP contribution in [0, 0.1) is 6.92 Å². The Kier molecular flexibility index (Phi) is 4.92. The molecule has 0 saturated heterocycles. The van der Waals surface area contributed by atoms with Crippen molar-refractivity contribution in [3.05, 3.63) is 29.8 Å². The van der Waals surface area contributed by atoms with Crippen LogP contribution in [0.15, 0.2) is 29.2 Å². The molecule has 0 atom stereocenters. The average Bonchev–Trinajstić information content (AvgIpc) is 2.25. The fraction of sp³-hybridized carbons (Fsp3) is 0.455. The lowest BCUT2D eigenvalue weighted by atomic mass is 10.2.